The molecule has 3 aliphatic rings. The van der Waals surface area contributed by atoms with Crippen LogP contribution in [0.5, 0.6) is 11.5 Å². The highest BCUT2D eigenvalue weighted by Gasteiger charge is 2.31. The van der Waals surface area contributed by atoms with E-state index in [1.165, 1.54) is 12.8 Å². The zero-order valence-electron chi connectivity index (χ0n) is 11.3. The average molecular weight is 274 g/mol. The number of benzene rings is 1. The molecule has 1 amide bonds. The number of hydrogen-bond donors (Lipinski definition) is 1. The lowest BCUT2D eigenvalue weighted by Crippen LogP contribution is -2.39. The van der Waals surface area contributed by atoms with Crippen molar-refractivity contribution in [3.05, 3.63) is 23.8 Å². The Morgan fingerprint density at radius 2 is 2.00 bits per heavy atom. The van der Waals surface area contributed by atoms with E-state index >= 15 is 0 Å². The molecular weight excluding hydrogens is 256 g/mol. The van der Waals surface area contributed by atoms with Crippen molar-refractivity contribution in [2.45, 2.75) is 31.3 Å². The molecule has 1 aromatic carbocycles. The second-order valence-corrected chi connectivity index (χ2v) is 5.75. The van der Waals surface area contributed by atoms with Crippen LogP contribution < -0.4 is 14.8 Å². The maximum atomic E-state index is 12.6. The van der Waals surface area contributed by atoms with Crippen LogP contribution >= 0.6 is 0 Å². The molecular formula is C15H18N2O3. The molecule has 0 aliphatic carbocycles. The number of carbonyl (C=O) groups excluding carboxylic acids is 1. The summed E-state index contributed by atoms with van der Waals surface area (Å²) in [6.07, 6.45) is 3.47. The summed E-state index contributed by atoms with van der Waals surface area (Å²) in [5.41, 5.74) is 0.687. The van der Waals surface area contributed by atoms with Crippen molar-refractivity contribution < 1.29 is 14.3 Å². The number of ether oxygens (including phenoxy) is 2. The zero-order chi connectivity index (χ0) is 13.5. The van der Waals surface area contributed by atoms with Crippen molar-refractivity contribution in [3.8, 4) is 11.5 Å². The molecule has 1 aromatic rings. The Kier molecular flexibility index (Phi) is 2.80. The SMILES string of the molecule is O=C(c1ccc2c(c1)OCO2)N1CCC2CCC(C1)N2. The Bertz CT molecular complexity index is 546. The summed E-state index contributed by atoms with van der Waals surface area (Å²) in [6, 6.07) is 6.49. The van der Waals surface area contributed by atoms with Crippen LogP contribution in [0.2, 0.25) is 0 Å². The van der Waals surface area contributed by atoms with Crippen LogP contribution in [0.4, 0.5) is 0 Å². The van der Waals surface area contributed by atoms with Gasteiger partial charge in [-0.1, -0.05) is 0 Å². The first-order chi connectivity index (χ1) is 9.79. The minimum atomic E-state index is 0.0950. The van der Waals surface area contributed by atoms with E-state index in [1.54, 1.807) is 6.07 Å². The van der Waals surface area contributed by atoms with E-state index in [1.807, 2.05) is 17.0 Å². The van der Waals surface area contributed by atoms with Gasteiger partial charge in [-0.2, -0.15) is 0 Å². The van der Waals surface area contributed by atoms with E-state index in [4.69, 9.17) is 9.47 Å². The van der Waals surface area contributed by atoms with Gasteiger partial charge in [-0.05, 0) is 37.5 Å². The fourth-order valence-electron chi connectivity index (χ4n) is 3.34. The number of fused-ring (bicyclic) bond motifs is 3. The van der Waals surface area contributed by atoms with E-state index < -0.39 is 0 Å². The Morgan fingerprint density at radius 1 is 1.15 bits per heavy atom. The third-order valence-corrected chi connectivity index (χ3v) is 4.43. The molecule has 4 rings (SSSR count). The summed E-state index contributed by atoms with van der Waals surface area (Å²) in [5, 5.41) is 3.59. The van der Waals surface area contributed by atoms with Crippen LogP contribution in [0.3, 0.4) is 0 Å². The van der Waals surface area contributed by atoms with Crippen LogP contribution in [-0.2, 0) is 0 Å². The van der Waals surface area contributed by atoms with Crippen LogP contribution in [0, 0.1) is 0 Å². The summed E-state index contributed by atoms with van der Waals surface area (Å²) < 4.78 is 10.6. The number of nitrogens with zero attached hydrogens (tertiary/aromatic N) is 1. The van der Waals surface area contributed by atoms with Crippen LogP contribution in [0.15, 0.2) is 18.2 Å². The molecule has 1 N–H and O–H groups in total. The number of amides is 1. The van der Waals surface area contributed by atoms with Crippen molar-refractivity contribution in [1.82, 2.24) is 10.2 Å². The molecule has 0 radical (unpaired) electrons. The molecule has 2 fully saturated rings. The molecule has 2 unspecified atom stereocenters. The summed E-state index contributed by atoms with van der Waals surface area (Å²) in [4.78, 5) is 14.6. The molecule has 5 heteroatoms. The van der Waals surface area contributed by atoms with E-state index in [2.05, 4.69) is 5.32 Å². The summed E-state index contributed by atoms with van der Waals surface area (Å²) in [5.74, 6) is 1.49. The maximum absolute atomic E-state index is 12.6. The van der Waals surface area contributed by atoms with E-state index in [9.17, 15) is 4.79 Å². The average Bonchev–Trinajstić information content (AvgIpc) is 3.03. The van der Waals surface area contributed by atoms with Crippen LogP contribution in [-0.4, -0.2) is 42.8 Å². The number of carbonyl (C=O) groups is 1. The maximum Gasteiger partial charge on any atom is 0.254 e. The number of rotatable bonds is 1. The first kappa shape index (κ1) is 12.0. The highest BCUT2D eigenvalue weighted by molar-refractivity contribution is 5.95. The monoisotopic (exact) mass is 274 g/mol. The molecule has 2 atom stereocenters. The standard InChI is InChI=1S/C15H18N2O3/c18-15(10-1-4-13-14(7-10)20-9-19-13)17-6-5-11-2-3-12(8-17)16-11/h1,4,7,11-12,16H,2-3,5-6,8-9H2. The lowest BCUT2D eigenvalue weighted by Gasteiger charge is -2.24. The molecule has 0 spiro atoms. The second-order valence-electron chi connectivity index (χ2n) is 5.75. The Hall–Kier alpha value is -1.75. The van der Waals surface area contributed by atoms with Gasteiger partial charge in [0.05, 0.1) is 0 Å². The lowest BCUT2D eigenvalue weighted by molar-refractivity contribution is 0.0747. The van der Waals surface area contributed by atoms with E-state index in [-0.39, 0.29) is 12.7 Å². The van der Waals surface area contributed by atoms with Gasteiger partial charge in [0.25, 0.3) is 5.91 Å². The van der Waals surface area contributed by atoms with E-state index in [0.717, 1.165) is 25.3 Å². The molecule has 20 heavy (non-hydrogen) atoms. The topological polar surface area (TPSA) is 50.8 Å². The van der Waals surface area contributed by atoms with Gasteiger partial charge in [0, 0.05) is 30.7 Å². The molecule has 3 heterocycles. The largest absolute Gasteiger partial charge is 0.454 e. The molecule has 5 nitrogen and oxygen atoms in total. The molecule has 0 aromatic heterocycles. The van der Waals surface area contributed by atoms with Gasteiger partial charge in [-0.15, -0.1) is 0 Å². The Labute approximate surface area is 117 Å². The summed E-state index contributed by atoms with van der Waals surface area (Å²) in [6.45, 7) is 1.88. The quantitative estimate of drug-likeness (QED) is 0.840. The molecule has 0 saturated carbocycles. The van der Waals surface area contributed by atoms with Gasteiger partial charge < -0.3 is 19.7 Å². The molecule has 106 valence electrons. The Morgan fingerprint density at radius 3 is 2.95 bits per heavy atom. The minimum absolute atomic E-state index is 0.0950. The van der Waals surface area contributed by atoms with Crippen LogP contribution in [0.1, 0.15) is 29.6 Å². The van der Waals surface area contributed by atoms with Crippen molar-refractivity contribution >= 4 is 5.91 Å². The van der Waals surface area contributed by atoms with Gasteiger partial charge in [-0.25, -0.2) is 0 Å². The fourth-order valence-corrected chi connectivity index (χ4v) is 3.34. The molecule has 2 bridgehead atoms. The predicted octanol–water partition coefficient (Wildman–Crippen LogP) is 1.38. The third kappa shape index (κ3) is 2.02. The first-order valence-electron chi connectivity index (χ1n) is 7.24. The summed E-state index contributed by atoms with van der Waals surface area (Å²) >= 11 is 0. The Balaban J connectivity index is 1.54. The van der Waals surface area contributed by atoms with Crippen molar-refractivity contribution in [1.29, 1.82) is 0 Å². The minimum Gasteiger partial charge on any atom is -0.454 e. The normalized spacial score (nSPS) is 27.5. The van der Waals surface area contributed by atoms with Crippen molar-refractivity contribution in [2.24, 2.45) is 0 Å². The molecule has 2 saturated heterocycles. The lowest BCUT2D eigenvalue weighted by atomic mass is 10.1. The van der Waals surface area contributed by atoms with Crippen molar-refractivity contribution in [2.75, 3.05) is 19.9 Å². The first-order valence-corrected chi connectivity index (χ1v) is 7.24. The predicted molar refractivity (Wildman–Crippen MR) is 73.0 cm³/mol. The highest BCUT2D eigenvalue weighted by Crippen LogP contribution is 2.33. The smallest absolute Gasteiger partial charge is 0.254 e. The van der Waals surface area contributed by atoms with Crippen molar-refractivity contribution in [3.63, 3.8) is 0 Å². The van der Waals surface area contributed by atoms with Gasteiger partial charge in [0.2, 0.25) is 6.79 Å². The highest BCUT2D eigenvalue weighted by atomic mass is 16.7. The van der Waals surface area contributed by atoms with Gasteiger partial charge in [0.1, 0.15) is 0 Å². The van der Waals surface area contributed by atoms with Gasteiger partial charge >= 0.3 is 0 Å². The third-order valence-electron chi connectivity index (χ3n) is 4.43. The van der Waals surface area contributed by atoms with Crippen LogP contribution in [0.25, 0.3) is 0 Å². The summed E-state index contributed by atoms with van der Waals surface area (Å²) in [7, 11) is 0. The fraction of sp³-hybridized carbons (Fsp3) is 0.533. The second kappa shape index (κ2) is 4.66. The number of likely N-dealkylation sites (tertiary alicyclic amines) is 1. The number of nitrogens with one attached hydrogen (secondary N) is 1. The van der Waals surface area contributed by atoms with E-state index in [0.29, 0.717) is 23.4 Å². The van der Waals surface area contributed by atoms with Gasteiger partial charge in [-0.3, -0.25) is 4.79 Å². The zero-order valence-corrected chi connectivity index (χ0v) is 11.3. The number of hydrogen-bond acceptors (Lipinski definition) is 4. The molecule has 3 aliphatic heterocycles. The van der Waals surface area contributed by atoms with Gasteiger partial charge in [0.15, 0.2) is 11.5 Å².